The van der Waals surface area contributed by atoms with E-state index in [-0.39, 0.29) is 16.9 Å². The first-order chi connectivity index (χ1) is 17.6. The number of rotatable bonds is 5. The molecule has 0 fully saturated rings. The quantitative estimate of drug-likeness (QED) is 0.390. The zero-order valence-corrected chi connectivity index (χ0v) is 20.1. The lowest BCUT2D eigenvalue weighted by molar-refractivity contribution is -0.141. The highest BCUT2D eigenvalue weighted by Crippen LogP contribution is 2.25. The van der Waals surface area contributed by atoms with Gasteiger partial charge in [-0.15, -0.1) is 0 Å². The molecule has 3 aromatic rings. The summed E-state index contributed by atoms with van der Waals surface area (Å²) in [6, 6.07) is 6.46. The Kier molecular flexibility index (Phi) is 6.96. The summed E-state index contributed by atoms with van der Waals surface area (Å²) in [4.78, 5) is 58.4. The molecule has 5 heterocycles. The van der Waals surface area contributed by atoms with Crippen LogP contribution in [0.2, 0.25) is 0 Å². The number of pyridine rings is 2. The van der Waals surface area contributed by atoms with E-state index in [1.54, 1.807) is 32.2 Å². The molecule has 4 N–H and O–H groups in total. The minimum atomic E-state index is -1.06. The van der Waals surface area contributed by atoms with Gasteiger partial charge in [-0.2, -0.15) is 0 Å². The molecule has 0 saturated heterocycles. The van der Waals surface area contributed by atoms with E-state index >= 15 is 0 Å². The van der Waals surface area contributed by atoms with Crippen molar-refractivity contribution in [2.75, 3.05) is 17.7 Å². The van der Waals surface area contributed by atoms with Crippen LogP contribution in [0, 0.1) is 6.92 Å². The topological polar surface area (TPSA) is 186 Å². The number of carbonyl (C=O) groups excluding carboxylic acids is 1. The van der Waals surface area contributed by atoms with Crippen molar-refractivity contribution in [3.63, 3.8) is 0 Å². The molecule has 13 heteroatoms. The zero-order valence-electron chi connectivity index (χ0n) is 20.1. The Balaban J connectivity index is 0.000000186. The average Bonchev–Trinajstić information content (AvgIpc) is 3.59. The Morgan fingerprint density at radius 2 is 1.43 bits per heavy atom. The number of carboxylic acid groups (broad SMARTS) is 2. The van der Waals surface area contributed by atoms with Crippen LogP contribution < -0.4 is 21.8 Å². The number of nitrogens with one attached hydrogen (secondary N) is 2. The van der Waals surface area contributed by atoms with Crippen molar-refractivity contribution in [3.05, 3.63) is 73.9 Å². The summed E-state index contributed by atoms with van der Waals surface area (Å²) in [5.74, 6) is -2.11. The normalized spacial score (nSPS) is 17.2. The molecule has 0 bridgehead atoms. The fourth-order valence-electron chi connectivity index (χ4n) is 4.51. The van der Waals surface area contributed by atoms with Crippen LogP contribution in [-0.2, 0) is 22.4 Å². The van der Waals surface area contributed by atoms with E-state index in [1.165, 1.54) is 21.3 Å². The predicted octanol–water partition coefficient (Wildman–Crippen LogP) is 1.43. The van der Waals surface area contributed by atoms with E-state index < -0.39 is 35.5 Å². The highest BCUT2D eigenvalue weighted by Gasteiger charge is 2.30. The Morgan fingerprint density at radius 3 is 1.89 bits per heavy atom. The molecule has 0 unspecified atom stereocenters. The van der Waals surface area contributed by atoms with Gasteiger partial charge >= 0.3 is 11.9 Å². The summed E-state index contributed by atoms with van der Waals surface area (Å²) in [5.41, 5.74) is 1.17. The maximum Gasteiger partial charge on any atom is 0.326 e. The number of hydrogen-bond donors (Lipinski definition) is 4. The fraction of sp³-hybridized carbons (Fsp3) is 0.333. The SMILES string of the molecule is CNc1ccc2n(c1=O)[C@H](C(=O)O)CC2.Cc1cc(C(=O)Nc2ccc3n(c2=O)[C@H](C(=O)O)CC3)no1. The first kappa shape index (κ1) is 25.4. The Bertz CT molecular complexity index is 1500. The zero-order chi connectivity index (χ0) is 26.9. The molecule has 1 amide bonds. The summed E-state index contributed by atoms with van der Waals surface area (Å²) in [6.45, 7) is 1.64. The third kappa shape index (κ3) is 4.87. The molecular formula is C24H25N5O8. The number of fused-ring (bicyclic) bond motifs is 2. The van der Waals surface area contributed by atoms with E-state index in [9.17, 15) is 24.0 Å². The van der Waals surface area contributed by atoms with Crippen LogP contribution in [-0.4, -0.2) is 49.4 Å². The van der Waals surface area contributed by atoms with Crippen LogP contribution >= 0.6 is 0 Å². The average molecular weight is 511 g/mol. The van der Waals surface area contributed by atoms with Gasteiger partial charge in [0.25, 0.3) is 17.0 Å². The van der Waals surface area contributed by atoms with Crippen molar-refractivity contribution in [1.82, 2.24) is 14.3 Å². The van der Waals surface area contributed by atoms with Crippen molar-refractivity contribution in [1.29, 1.82) is 0 Å². The van der Waals surface area contributed by atoms with Crippen LogP contribution in [0.5, 0.6) is 0 Å². The van der Waals surface area contributed by atoms with Gasteiger partial charge in [-0.25, -0.2) is 9.59 Å². The molecule has 2 aliphatic heterocycles. The standard InChI is InChI=1S/C14H13N3O5.C10H12N2O3/c1-7-6-10(16-22-7)12(18)15-9-4-2-8-3-5-11(14(20)21)17(8)13(9)19;1-11-7-4-2-6-3-5-8(10(14)15)12(6)9(7)13/h2,4,6,11H,3,5H2,1H3,(H,15,18)(H,20,21);2,4,8,11H,3,5H2,1H3,(H,14,15)/t11-;8-/m00/s1. The second-order valence-electron chi connectivity index (χ2n) is 8.64. The van der Waals surface area contributed by atoms with Crippen molar-refractivity contribution in [3.8, 4) is 0 Å². The molecule has 0 spiro atoms. The van der Waals surface area contributed by atoms with Gasteiger partial charge < -0.3 is 25.4 Å². The molecule has 0 aliphatic carbocycles. The lowest BCUT2D eigenvalue weighted by Crippen LogP contribution is -2.30. The lowest BCUT2D eigenvalue weighted by atomic mass is 10.2. The van der Waals surface area contributed by atoms with Gasteiger partial charge in [-0.05, 0) is 56.9 Å². The number of nitrogens with zero attached hydrogens (tertiary/aromatic N) is 3. The first-order valence-corrected chi connectivity index (χ1v) is 11.5. The number of carboxylic acids is 2. The van der Waals surface area contributed by atoms with Crippen molar-refractivity contribution < 1.29 is 29.1 Å². The Labute approximate surface area is 209 Å². The maximum absolute atomic E-state index is 12.4. The molecule has 5 rings (SSSR count). The van der Waals surface area contributed by atoms with Gasteiger partial charge in [0.1, 0.15) is 29.2 Å². The van der Waals surface area contributed by atoms with E-state index in [0.717, 1.165) is 5.69 Å². The summed E-state index contributed by atoms with van der Waals surface area (Å²) in [5, 5.41) is 26.9. The first-order valence-electron chi connectivity index (χ1n) is 11.5. The largest absolute Gasteiger partial charge is 0.480 e. The number of amides is 1. The Hall–Kier alpha value is -4.68. The van der Waals surface area contributed by atoms with Crippen molar-refractivity contribution in [2.45, 2.75) is 44.7 Å². The Morgan fingerprint density at radius 1 is 0.919 bits per heavy atom. The minimum Gasteiger partial charge on any atom is -0.480 e. The molecule has 37 heavy (non-hydrogen) atoms. The number of anilines is 2. The molecule has 0 aromatic carbocycles. The van der Waals surface area contributed by atoms with Crippen molar-refractivity contribution in [2.24, 2.45) is 0 Å². The molecule has 2 aliphatic rings. The van der Waals surface area contributed by atoms with Crippen LogP contribution in [0.3, 0.4) is 0 Å². The van der Waals surface area contributed by atoms with Gasteiger partial charge in [0, 0.05) is 24.5 Å². The molecule has 194 valence electrons. The predicted molar refractivity (Wildman–Crippen MR) is 130 cm³/mol. The third-order valence-electron chi connectivity index (χ3n) is 6.32. The van der Waals surface area contributed by atoms with Gasteiger partial charge in [0.05, 0.1) is 0 Å². The highest BCUT2D eigenvalue weighted by atomic mass is 16.5. The number of carbonyl (C=O) groups is 3. The summed E-state index contributed by atoms with van der Waals surface area (Å²) in [7, 11) is 1.65. The van der Waals surface area contributed by atoms with Crippen molar-refractivity contribution >= 4 is 29.2 Å². The van der Waals surface area contributed by atoms with Crippen LogP contribution in [0.1, 0.15) is 52.6 Å². The number of aliphatic carboxylic acids is 2. The smallest absolute Gasteiger partial charge is 0.326 e. The maximum atomic E-state index is 12.4. The van der Waals surface area contributed by atoms with Crippen LogP contribution in [0.25, 0.3) is 0 Å². The van der Waals surface area contributed by atoms with Gasteiger partial charge in [0.2, 0.25) is 0 Å². The van der Waals surface area contributed by atoms with Gasteiger partial charge in [0.15, 0.2) is 5.69 Å². The summed E-state index contributed by atoms with van der Waals surface area (Å²) < 4.78 is 7.39. The van der Waals surface area contributed by atoms with Gasteiger partial charge in [-0.3, -0.25) is 23.5 Å². The minimum absolute atomic E-state index is 0.0163. The lowest BCUT2D eigenvalue weighted by Gasteiger charge is -2.11. The van der Waals surface area contributed by atoms with Gasteiger partial charge in [-0.1, -0.05) is 5.16 Å². The number of aromatic nitrogens is 3. The fourth-order valence-corrected chi connectivity index (χ4v) is 4.51. The van der Waals surface area contributed by atoms with Crippen LogP contribution in [0.4, 0.5) is 11.4 Å². The molecule has 0 radical (unpaired) electrons. The molecule has 13 nitrogen and oxygen atoms in total. The van der Waals surface area contributed by atoms with Crippen LogP contribution in [0.15, 0.2) is 44.4 Å². The molecule has 3 aromatic heterocycles. The van der Waals surface area contributed by atoms with E-state index in [0.29, 0.717) is 42.8 Å². The second-order valence-corrected chi connectivity index (χ2v) is 8.64. The summed E-state index contributed by atoms with van der Waals surface area (Å²) >= 11 is 0. The second kappa shape index (κ2) is 10.1. The van der Waals surface area contributed by atoms with E-state index in [1.807, 2.05) is 0 Å². The third-order valence-corrected chi connectivity index (χ3v) is 6.32. The number of aryl methyl sites for hydroxylation is 3. The molecule has 2 atom stereocenters. The highest BCUT2D eigenvalue weighted by molar-refractivity contribution is 6.02. The van der Waals surface area contributed by atoms with E-state index in [2.05, 4.69) is 15.8 Å². The van der Waals surface area contributed by atoms with E-state index in [4.69, 9.17) is 14.7 Å². The number of hydrogen-bond acceptors (Lipinski definition) is 8. The molecule has 0 saturated carbocycles. The summed E-state index contributed by atoms with van der Waals surface area (Å²) in [6.07, 6.45) is 2.03. The molecular weight excluding hydrogens is 486 g/mol. The monoisotopic (exact) mass is 511 g/mol.